The Labute approximate surface area is 168 Å². The van der Waals surface area contributed by atoms with Crippen LogP contribution in [-0.2, 0) is 20.0 Å². The van der Waals surface area contributed by atoms with E-state index in [-0.39, 0.29) is 20.6 Å². The summed E-state index contributed by atoms with van der Waals surface area (Å²) in [7, 11) is -7.60. The summed E-state index contributed by atoms with van der Waals surface area (Å²) in [5.74, 6) is 0.579. The third kappa shape index (κ3) is 4.83. The number of rotatable bonds is 6. The molecular formula is C15H13BrN4O4S3. The van der Waals surface area contributed by atoms with Gasteiger partial charge in [0.15, 0.2) is 0 Å². The summed E-state index contributed by atoms with van der Waals surface area (Å²) in [6.45, 7) is 1.64. The molecule has 142 valence electrons. The van der Waals surface area contributed by atoms with E-state index in [2.05, 4.69) is 35.3 Å². The van der Waals surface area contributed by atoms with E-state index < -0.39 is 20.0 Å². The van der Waals surface area contributed by atoms with E-state index in [4.69, 9.17) is 0 Å². The molecule has 2 heterocycles. The summed E-state index contributed by atoms with van der Waals surface area (Å²) in [5.41, 5.74) is 0.247. The molecule has 2 N–H and O–H groups in total. The number of halogens is 1. The van der Waals surface area contributed by atoms with Crippen molar-refractivity contribution in [2.75, 3.05) is 9.44 Å². The van der Waals surface area contributed by atoms with Crippen LogP contribution in [0.1, 0.15) is 5.82 Å². The van der Waals surface area contributed by atoms with Crippen molar-refractivity contribution >= 4 is 58.8 Å². The lowest BCUT2D eigenvalue weighted by Crippen LogP contribution is -2.15. The number of hydrogen-bond donors (Lipinski definition) is 2. The van der Waals surface area contributed by atoms with Crippen LogP contribution in [0.4, 0.5) is 11.5 Å². The number of hydrogen-bond acceptors (Lipinski definition) is 7. The Morgan fingerprint density at radius 2 is 1.63 bits per heavy atom. The molecule has 3 rings (SSSR count). The van der Waals surface area contributed by atoms with E-state index in [1.165, 1.54) is 42.6 Å². The predicted octanol–water partition coefficient (Wildman–Crippen LogP) is 3.21. The molecule has 27 heavy (non-hydrogen) atoms. The van der Waals surface area contributed by atoms with Gasteiger partial charge in [-0.2, -0.15) is 0 Å². The van der Waals surface area contributed by atoms with Crippen molar-refractivity contribution in [3.05, 3.63) is 58.3 Å². The second-order valence-electron chi connectivity index (χ2n) is 5.28. The molecule has 8 nitrogen and oxygen atoms in total. The first-order valence-electron chi connectivity index (χ1n) is 7.36. The molecule has 0 unspecified atom stereocenters. The van der Waals surface area contributed by atoms with Crippen LogP contribution in [-0.4, -0.2) is 26.8 Å². The number of sulfonamides is 2. The van der Waals surface area contributed by atoms with Crippen LogP contribution in [0.15, 0.2) is 61.6 Å². The smallest absolute Gasteiger partial charge is 0.271 e. The molecule has 0 amide bonds. The fraction of sp³-hybridized carbons (Fsp3) is 0.0667. The summed E-state index contributed by atoms with van der Waals surface area (Å²) in [4.78, 5) is 7.86. The van der Waals surface area contributed by atoms with Gasteiger partial charge in [0, 0.05) is 11.9 Å². The normalized spacial score (nSPS) is 11.9. The zero-order chi connectivity index (χ0) is 19.7. The molecule has 0 aliphatic rings. The third-order valence-electron chi connectivity index (χ3n) is 3.25. The van der Waals surface area contributed by atoms with Gasteiger partial charge in [0.05, 0.1) is 8.68 Å². The Morgan fingerprint density at radius 1 is 0.926 bits per heavy atom. The molecule has 0 aliphatic heterocycles. The van der Waals surface area contributed by atoms with Gasteiger partial charge in [-0.1, -0.05) is 0 Å². The molecule has 0 aliphatic carbocycles. The fourth-order valence-corrected chi connectivity index (χ4v) is 6.13. The highest BCUT2D eigenvalue weighted by molar-refractivity contribution is 9.11. The van der Waals surface area contributed by atoms with Crippen molar-refractivity contribution in [3.63, 3.8) is 0 Å². The number of nitrogens with one attached hydrogen (secondary N) is 2. The van der Waals surface area contributed by atoms with E-state index in [1.807, 2.05) is 0 Å². The second-order valence-corrected chi connectivity index (χ2v) is 11.3. The quantitative estimate of drug-likeness (QED) is 0.549. The molecule has 1 aromatic carbocycles. The maximum absolute atomic E-state index is 12.4. The molecule has 0 radical (unpaired) electrons. The summed E-state index contributed by atoms with van der Waals surface area (Å²) < 4.78 is 55.0. The van der Waals surface area contributed by atoms with Crippen LogP contribution < -0.4 is 9.44 Å². The van der Waals surface area contributed by atoms with Crippen LogP contribution in [0.2, 0.25) is 0 Å². The van der Waals surface area contributed by atoms with Crippen LogP contribution in [0.3, 0.4) is 0 Å². The number of thiophene rings is 1. The van der Waals surface area contributed by atoms with Crippen molar-refractivity contribution in [1.82, 2.24) is 9.97 Å². The van der Waals surface area contributed by atoms with Crippen molar-refractivity contribution in [2.24, 2.45) is 0 Å². The van der Waals surface area contributed by atoms with E-state index >= 15 is 0 Å². The fourth-order valence-electron chi connectivity index (χ4n) is 2.06. The maximum atomic E-state index is 12.4. The SMILES string of the molecule is Cc1nccc(NS(=O)(=O)c2ccc(NS(=O)(=O)c3ccc(Br)s3)cc2)n1. The largest absolute Gasteiger partial charge is 0.279 e. The lowest BCUT2D eigenvalue weighted by molar-refractivity contribution is 0.600. The van der Waals surface area contributed by atoms with Gasteiger partial charge in [-0.05, 0) is 65.3 Å². The molecule has 3 aromatic rings. The zero-order valence-electron chi connectivity index (χ0n) is 13.7. The Bertz CT molecular complexity index is 1180. The number of aryl methyl sites for hydroxylation is 1. The first kappa shape index (κ1) is 19.7. The lowest BCUT2D eigenvalue weighted by atomic mass is 10.3. The van der Waals surface area contributed by atoms with E-state index in [0.29, 0.717) is 9.61 Å². The Hall–Kier alpha value is -2.02. The molecule has 0 saturated heterocycles. The van der Waals surface area contributed by atoms with Gasteiger partial charge in [0.25, 0.3) is 20.0 Å². The molecule has 12 heteroatoms. The van der Waals surface area contributed by atoms with Crippen LogP contribution >= 0.6 is 27.3 Å². The average molecular weight is 489 g/mol. The van der Waals surface area contributed by atoms with E-state index in [9.17, 15) is 16.8 Å². The van der Waals surface area contributed by atoms with E-state index in [0.717, 1.165) is 11.3 Å². The molecule has 0 spiro atoms. The Morgan fingerprint density at radius 3 is 2.22 bits per heavy atom. The van der Waals surface area contributed by atoms with Crippen LogP contribution in [0, 0.1) is 6.92 Å². The first-order chi connectivity index (χ1) is 12.7. The Balaban J connectivity index is 1.78. The second kappa shape index (κ2) is 7.54. The van der Waals surface area contributed by atoms with Gasteiger partial charge in [-0.25, -0.2) is 26.8 Å². The number of benzene rings is 1. The number of nitrogens with zero attached hydrogens (tertiary/aromatic N) is 2. The Kier molecular flexibility index (Phi) is 5.51. The minimum Gasteiger partial charge on any atom is -0.279 e. The van der Waals surface area contributed by atoms with Gasteiger partial charge >= 0.3 is 0 Å². The summed E-state index contributed by atoms with van der Waals surface area (Å²) in [6.07, 6.45) is 1.45. The standard InChI is InChI=1S/C15H13BrN4O4S3/c1-10-17-9-8-14(18-10)20-26(21,22)12-4-2-11(3-5-12)19-27(23,24)15-7-6-13(16)25-15/h2-9,19H,1H3,(H,17,18,20). The highest BCUT2D eigenvalue weighted by Gasteiger charge is 2.18. The molecule has 0 saturated carbocycles. The van der Waals surface area contributed by atoms with Crippen LogP contribution in [0.5, 0.6) is 0 Å². The van der Waals surface area contributed by atoms with Crippen molar-refractivity contribution in [3.8, 4) is 0 Å². The minimum atomic E-state index is -3.86. The van der Waals surface area contributed by atoms with Gasteiger partial charge in [0.2, 0.25) is 0 Å². The van der Waals surface area contributed by atoms with Crippen molar-refractivity contribution < 1.29 is 16.8 Å². The molecule has 0 atom stereocenters. The van der Waals surface area contributed by atoms with Crippen LogP contribution in [0.25, 0.3) is 0 Å². The molecular weight excluding hydrogens is 476 g/mol. The maximum Gasteiger partial charge on any atom is 0.271 e. The van der Waals surface area contributed by atoms with Gasteiger partial charge < -0.3 is 0 Å². The highest BCUT2D eigenvalue weighted by Crippen LogP contribution is 2.28. The third-order valence-corrected chi connectivity index (χ3v) is 8.11. The topological polar surface area (TPSA) is 118 Å². The van der Waals surface area contributed by atoms with Gasteiger partial charge in [-0.3, -0.25) is 9.44 Å². The predicted molar refractivity (Wildman–Crippen MR) is 107 cm³/mol. The highest BCUT2D eigenvalue weighted by atomic mass is 79.9. The van der Waals surface area contributed by atoms with Gasteiger partial charge in [-0.15, -0.1) is 11.3 Å². The monoisotopic (exact) mass is 488 g/mol. The zero-order valence-corrected chi connectivity index (χ0v) is 17.8. The molecule has 2 aromatic heterocycles. The van der Waals surface area contributed by atoms with Crippen molar-refractivity contribution in [2.45, 2.75) is 16.0 Å². The summed E-state index contributed by atoms with van der Waals surface area (Å²) in [6, 6.07) is 9.91. The average Bonchev–Trinajstić information content (AvgIpc) is 3.02. The van der Waals surface area contributed by atoms with Gasteiger partial charge in [0.1, 0.15) is 15.9 Å². The molecule has 0 fully saturated rings. The lowest BCUT2D eigenvalue weighted by Gasteiger charge is -2.09. The molecule has 0 bridgehead atoms. The van der Waals surface area contributed by atoms with E-state index in [1.54, 1.807) is 13.0 Å². The summed E-state index contributed by atoms with van der Waals surface area (Å²) >= 11 is 4.29. The van der Waals surface area contributed by atoms with Crippen molar-refractivity contribution in [1.29, 1.82) is 0 Å². The number of anilines is 2. The first-order valence-corrected chi connectivity index (χ1v) is 11.9. The number of aromatic nitrogens is 2. The summed E-state index contributed by atoms with van der Waals surface area (Å²) in [5, 5.41) is 0. The minimum absolute atomic E-state index is 0.0272.